The summed E-state index contributed by atoms with van der Waals surface area (Å²) >= 11 is 1.79. The zero-order valence-corrected chi connectivity index (χ0v) is 23.6. The average molecular weight is 598 g/mol. The molecule has 2 aliphatic rings. The predicted molar refractivity (Wildman–Crippen MR) is 148 cm³/mol. The van der Waals surface area contributed by atoms with Crippen LogP contribution in [0.4, 0.5) is 22.0 Å². The zero-order chi connectivity index (χ0) is 29.8. The molecule has 1 fully saturated rings. The van der Waals surface area contributed by atoms with E-state index in [1.54, 1.807) is 11.3 Å². The molecule has 0 amide bonds. The molecule has 41 heavy (non-hydrogen) atoms. The number of hydrogen-bond donors (Lipinski definition) is 2. The molecule has 0 bridgehead atoms. The van der Waals surface area contributed by atoms with Crippen LogP contribution in [-0.4, -0.2) is 65.8 Å². The third kappa shape index (κ3) is 7.81. The van der Waals surface area contributed by atoms with Crippen LogP contribution in [0.2, 0.25) is 0 Å². The first-order valence-corrected chi connectivity index (χ1v) is 14.1. The van der Waals surface area contributed by atoms with Crippen LogP contribution in [0.1, 0.15) is 34.5 Å². The van der Waals surface area contributed by atoms with Crippen LogP contribution in [-0.2, 0) is 17.8 Å². The Hall–Kier alpha value is -3.09. The van der Waals surface area contributed by atoms with E-state index < -0.39 is 18.1 Å². The Morgan fingerprint density at radius 3 is 2.41 bits per heavy atom. The number of carboxylic acid groups (broad SMARTS) is 1. The van der Waals surface area contributed by atoms with Crippen molar-refractivity contribution in [2.24, 2.45) is 0 Å². The highest BCUT2D eigenvalue weighted by molar-refractivity contribution is 7.15. The van der Waals surface area contributed by atoms with Crippen LogP contribution in [0.15, 0.2) is 36.4 Å². The summed E-state index contributed by atoms with van der Waals surface area (Å²) in [6.07, 6.45) is -3.39. The smallest absolute Gasteiger partial charge is 0.490 e. The molecule has 0 unspecified atom stereocenters. The first kappa shape index (κ1) is 30.9. The standard InChI is InChI=1S/C27H31F2N3OS.C2HF3O2/c1-18-20(6-3-8-22(18)26-31-23-10-12-30-16-25(23)34-26)21-7-4-9-24(19(21)2)33-15-5-13-32-14-11-27(28,29)17-32;3-2(4,5)1(6)7/h3-4,6-9,30H,5,10-17H2,1-2H3;(H,6,7). The molecule has 0 atom stereocenters. The Balaban J connectivity index is 0.000000493. The van der Waals surface area contributed by atoms with Crippen molar-refractivity contribution in [3.63, 3.8) is 0 Å². The van der Waals surface area contributed by atoms with Crippen LogP contribution in [0.3, 0.4) is 0 Å². The minimum Gasteiger partial charge on any atom is -0.493 e. The van der Waals surface area contributed by atoms with Gasteiger partial charge in [0.2, 0.25) is 0 Å². The number of aliphatic carboxylic acids is 1. The van der Waals surface area contributed by atoms with Crippen LogP contribution in [0.25, 0.3) is 21.7 Å². The van der Waals surface area contributed by atoms with Gasteiger partial charge in [-0.1, -0.05) is 30.3 Å². The van der Waals surface area contributed by atoms with Crippen molar-refractivity contribution in [1.29, 1.82) is 0 Å². The molecule has 2 aliphatic heterocycles. The molecule has 5 rings (SSSR count). The molecule has 0 aliphatic carbocycles. The number of rotatable bonds is 7. The van der Waals surface area contributed by atoms with Gasteiger partial charge in [-0.25, -0.2) is 18.6 Å². The average Bonchev–Trinajstić information content (AvgIpc) is 3.50. The molecule has 0 radical (unpaired) electrons. The number of carboxylic acids is 1. The van der Waals surface area contributed by atoms with Gasteiger partial charge in [0, 0.05) is 49.5 Å². The number of alkyl halides is 5. The minimum absolute atomic E-state index is 0.0338. The molecule has 1 saturated heterocycles. The number of thiazole rings is 1. The van der Waals surface area contributed by atoms with Gasteiger partial charge in [-0.2, -0.15) is 13.2 Å². The van der Waals surface area contributed by atoms with E-state index >= 15 is 0 Å². The van der Waals surface area contributed by atoms with Gasteiger partial charge in [-0.3, -0.25) is 4.90 Å². The second-order valence-electron chi connectivity index (χ2n) is 10.1. The summed E-state index contributed by atoms with van der Waals surface area (Å²) in [6, 6.07) is 12.6. The van der Waals surface area contributed by atoms with Crippen molar-refractivity contribution in [3.05, 3.63) is 58.1 Å². The summed E-state index contributed by atoms with van der Waals surface area (Å²) in [7, 11) is 0. The first-order chi connectivity index (χ1) is 19.4. The topological polar surface area (TPSA) is 74.7 Å². The molecular weight excluding hydrogens is 565 g/mol. The fraction of sp³-hybridized carbons (Fsp3) is 0.448. The van der Waals surface area contributed by atoms with Gasteiger partial charge < -0.3 is 15.2 Å². The lowest BCUT2D eigenvalue weighted by atomic mass is 9.93. The summed E-state index contributed by atoms with van der Waals surface area (Å²) < 4.78 is 64.6. The SMILES string of the molecule is Cc1c(OCCCN2CCC(F)(F)C2)cccc1-c1cccc(-c2nc3c(s2)CNCC3)c1C.O=C(O)C(F)(F)F. The predicted octanol–water partition coefficient (Wildman–Crippen LogP) is 6.48. The largest absolute Gasteiger partial charge is 0.493 e. The van der Waals surface area contributed by atoms with Crippen molar-refractivity contribution in [2.45, 2.75) is 51.8 Å². The highest BCUT2D eigenvalue weighted by atomic mass is 32.1. The Morgan fingerprint density at radius 1 is 1.12 bits per heavy atom. The number of ether oxygens (including phenoxy) is 1. The zero-order valence-electron chi connectivity index (χ0n) is 22.8. The van der Waals surface area contributed by atoms with E-state index in [1.165, 1.54) is 27.3 Å². The number of aromatic nitrogens is 1. The Kier molecular flexibility index (Phi) is 9.66. The van der Waals surface area contributed by atoms with Gasteiger partial charge in [0.25, 0.3) is 5.92 Å². The van der Waals surface area contributed by atoms with E-state index in [9.17, 15) is 22.0 Å². The van der Waals surface area contributed by atoms with Gasteiger partial charge >= 0.3 is 12.1 Å². The van der Waals surface area contributed by atoms with Crippen molar-refractivity contribution in [2.75, 3.05) is 32.8 Å². The molecule has 12 heteroatoms. The monoisotopic (exact) mass is 597 g/mol. The normalized spacial score (nSPS) is 16.6. The van der Waals surface area contributed by atoms with Gasteiger partial charge in [0.05, 0.1) is 18.8 Å². The van der Waals surface area contributed by atoms with Crippen LogP contribution >= 0.6 is 11.3 Å². The Labute approximate surface area is 239 Å². The number of fused-ring (bicyclic) bond motifs is 1. The van der Waals surface area contributed by atoms with E-state index in [1.807, 2.05) is 17.0 Å². The van der Waals surface area contributed by atoms with Gasteiger partial charge in [0.1, 0.15) is 10.8 Å². The summed E-state index contributed by atoms with van der Waals surface area (Å²) in [6.45, 7) is 7.65. The summed E-state index contributed by atoms with van der Waals surface area (Å²) in [5, 5.41) is 11.6. The molecule has 2 N–H and O–H groups in total. The molecule has 0 saturated carbocycles. The van der Waals surface area contributed by atoms with Crippen molar-refractivity contribution in [3.8, 4) is 27.4 Å². The number of carbonyl (C=O) groups is 1. The number of likely N-dealkylation sites (tertiary alicyclic amines) is 1. The van der Waals surface area contributed by atoms with Crippen molar-refractivity contribution >= 4 is 17.3 Å². The van der Waals surface area contributed by atoms with Gasteiger partial charge in [-0.15, -0.1) is 11.3 Å². The Bertz CT molecular complexity index is 1350. The maximum absolute atomic E-state index is 13.4. The lowest BCUT2D eigenvalue weighted by molar-refractivity contribution is -0.192. The lowest BCUT2D eigenvalue weighted by Gasteiger charge is -2.17. The second-order valence-corrected chi connectivity index (χ2v) is 11.2. The second kappa shape index (κ2) is 12.8. The number of nitrogens with one attached hydrogen (secondary N) is 1. The number of halogens is 5. The lowest BCUT2D eigenvalue weighted by Crippen LogP contribution is -2.27. The van der Waals surface area contributed by atoms with E-state index in [4.69, 9.17) is 19.6 Å². The molecule has 0 spiro atoms. The van der Waals surface area contributed by atoms with Crippen LogP contribution in [0.5, 0.6) is 5.75 Å². The molecular formula is C29H32F5N3O3S. The fourth-order valence-electron chi connectivity index (χ4n) is 4.93. The molecule has 1 aromatic heterocycles. The fourth-order valence-corrected chi connectivity index (χ4v) is 6.09. The number of hydrogen-bond acceptors (Lipinski definition) is 6. The quantitative estimate of drug-likeness (QED) is 0.240. The highest BCUT2D eigenvalue weighted by Crippen LogP contribution is 2.38. The van der Waals surface area contributed by atoms with Crippen molar-refractivity contribution < 1.29 is 36.6 Å². The minimum atomic E-state index is -5.08. The van der Waals surface area contributed by atoms with Gasteiger partial charge in [-0.05, 0) is 48.6 Å². The number of benzene rings is 2. The van der Waals surface area contributed by atoms with E-state index in [0.29, 0.717) is 19.7 Å². The molecule has 3 heterocycles. The molecule has 3 aromatic rings. The van der Waals surface area contributed by atoms with E-state index in [2.05, 4.69) is 43.4 Å². The number of nitrogens with zero attached hydrogens (tertiary/aromatic N) is 2. The van der Waals surface area contributed by atoms with Gasteiger partial charge in [0.15, 0.2) is 0 Å². The molecule has 222 valence electrons. The summed E-state index contributed by atoms with van der Waals surface area (Å²) in [5.74, 6) is -4.44. The third-order valence-electron chi connectivity index (χ3n) is 7.11. The molecule has 2 aromatic carbocycles. The third-order valence-corrected chi connectivity index (χ3v) is 8.24. The highest BCUT2D eigenvalue weighted by Gasteiger charge is 2.38. The van der Waals surface area contributed by atoms with Crippen LogP contribution < -0.4 is 10.1 Å². The van der Waals surface area contributed by atoms with E-state index in [-0.39, 0.29) is 13.0 Å². The summed E-state index contributed by atoms with van der Waals surface area (Å²) in [4.78, 5) is 17.0. The van der Waals surface area contributed by atoms with E-state index in [0.717, 1.165) is 47.8 Å². The first-order valence-electron chi connectivity index (χ1n) is 13.3. The maximum Gasteiger partial charge on any atom is 0.490 e. The summed E-state index contributed by atoms with van der Waals surface area (Å²) in [5.41, 5.74) is 7.07. The van der Waals surface area contributed by atoms with Crippen LogP contribution in [0, 0.1) is 13.8 Å². The Morgan fingerprint density at radius 2 is 1.78 bits per heavy atom. The maximum atomic E-state index is 13.4. The van der Waals surface area contributed by atoms with Crippen molar-refractivity contribution in [1.82, 2.24) is 15.2 Å². The molecule has 6 nitrogen and oxygen atoms in total.